The predicted octanol–water partition coefficient (Wildman–Crippen LogP) is 2.97. The van der Waals surface area contributed by atoms with Gasteiger partial charge in [-0.3, -0.25) is 9.59 Å². The third-order valence-electron chi connectivity index (χ3n) is 4.47. The van der Waals surface area contributed by atoms with Gasteiger partial charge >= 0.3 is 0 Å². The van der Waals surface area contributed by atoms with Gasteiger partial charge < -0.3 is 19.4 Å². The molecule has 6 nitrogen and oxygen atoms in total. The number of carbonyl (C=O) groups excluding carboxylic acids is 1. The third kappa shape index (κ3) is 3.65. The van der Waals surface area contributed by atoms with Gasteiger partial charge in [0.05, 0.1) is 19.7 Å². The molecule has 0 unspecified atom stereocenters. The summed E-state index contributed by atoms with van der Waals surface area (Å²) in [6.07, 6.45) is 1.62. The number of ether oxygens (including phenoxy) is 2. The largest absolute Gasteiger partial charge is 0.493 e. The molecule has 1 heterocycles. The minimum Gasteiger partial charge on any atom is -0.493 e. The normalized spacial score (nSPS) is 10.6. The number of methoxy groups -OCH3 is 2. The molecule has 3 rings (SSSR count). The van der Waals surface area contributed by atoms with E-state index in [1.54, 1.807) is 44.7 Å². The number of fused-ring (bicyclic) bond motifs is 1. The topological polar surface area (TPSA) is 69.6 Å². The highest BCUT2D eigenvalue weighted by Crippen LogP contribution is 2.27. The summed E-state index contributed by atoms with van der Waals surface area (Å²) in [7, 11) is 3.13. The summed E-state index contributed by atoms with van der Waals surface area (Å²) in [5.41, 5.74) is 1.54. The molecule has 2 aromatic carbocycles. The highest BCUT2D eigenvalue weighted by molar-refractivity contribution is 5.97. The van der Waals surface area contributed by atoms with Crippen molar-refractivity contribution in [1.29, 1.82) is 0 Å². The molecular weight excluding hydrogens is 344 g/mol. The fourth-order valence-electron chi connectivity index (χ4n) is 3.04. The van der Waals surface area contributed by atoms with Gasteiger partial charge in [0, 0.05) is 24.7 Å². The molecule has 0 saturated carbocycles. The quantitative estimate of drug-likeness (QED) is 0.728. The minimum absolute atomic E-state index is 0.135. The number of hydrogen-bond acceptors (Lipinski definition) is 4. The van der Waals surface area contributed by atoms with Crippen LogP contribution in [0.25, 0.3) is 10.9 Å². The van der Waals surface area contributed by atoms with Crippen LogP contribution in [0.15, 0.2) is 53.5 Å². The van der Waals surface area contributed by atoms with Crippen LogP contribution in [-0.2, 0) is 13.1 Å². The first kappa shape index (κ1) is 18.5. The zero-order valence-corrected chi connectivity index (χ0v) is 15.6. The van der Waals surface area contributed by atoms with Crippen LogP contribution in [0.4, 0.5) is 0 Å². The molecule has 0 fully saturated rings. The maximum Gasteiger partial charge on any atom is 0.257 e. The van der Waals surface area contributed by atoms with E-state index in [1.807, 2.05) is 29.7 Å². The zero-order valence-electron chi connectivity index (χ0n) is 15.6. The highest BCUT2D eigenvalue weighted by Gasteiger charge is 2.15. The number of aromatic nitrogens is 1. The number of pyridine rings is 1. The van der Waals surface area contributed by atoms with Gasteiger partial charge in [0.2, 0.25) is 5.43 Å². The zero-order chi connectivity index (χ0) is 19.4. The Morgan fingerprint density at radius 1 is 1.07 bits per heavy atom. The van der Waals surface area contributed by atoms with Crippen molar-refractivity contribution >= 4 is 16.8 Å². The van der Waals surface area contributed by atoms with Crippen LogP contribution in [0.3, 0.4) is 0 Å². The number of hydrogen-bond donors (Lipinski definition) is 1. The molecule has 0 radical (unpaired) electrons. The summed E-state index contributed by atoms with van der Waals surface area (Å²) in [4.78, 5) is 25.4. The molecule has 0 saturated heterocycles. The van der Waals surface area contributed by atoms with Crippen LogP contribution in [-0.4, -0.2) is 24.7 Å². The number of amides is 1. The summed E-state index contributed by atoms with van der Waals surface area (Å²) in [6, 6.07) is 12.7. The van der Waals surface area contributed by atoms with Crippen molar-refractivity contribution in [1.82, 2.24) is 9.88 Å². The maximum atomic E-state index is 12.7. The molecule has 27 heavy (non-hydrogen) atoms. The number of carbonyl (C=O) groups is 1. The van der Waals surface area contributed by atoms with Crippen molar-refractivity contribution in [3.8, 4) is 11.5 Å². The maximum absolute atomic E-state index is 12.7. The SMILES string of the molecule is CCn1cc(C(=O)NCc2ccc(OC)c(OC)c2)c(=O)c2ccccc21. The Balaban J connectivity index is 1.87. The van der Waals surface area contributed by atoms with Gasteiger partial charge in [-0.05, 0) is 36.8 Å². The van der Waals surface area contributed by atoms with Crippen molar-refractivity contribution < 1.29 is 14.3 Å². The summed E-state index contributed by atoms with van der Waals surface area (Å²) in [5, 5.41) is 3.35. The van der Waals surface area contributed by atoms with Gasteiger partial charge in [0.1, 0.15) is 5.56 Å². The first-order valence-corrected chi connectivity index (χ1v) is 8.70. The lowest BCUT2D eigenvalue weighted by Gasteiger charge is -2.12. The molecule has 0 aliphatic carbocycles. The fourth-order valence-corrected chi connectivity index (χ4v) is 3.04. The highest BCUT2D eigenvalue weighted by atomic mass is 16.5. The Hall–Kier alpha value is -3.28. The number of rotatable bonds is 6. The van der Waals surface area contributed by atoms with Crippen molar-refractivity contribution in [2.75, 3.05) is 14.2 Å². The lowest BCUT2D eigenvalue weighted by molar-refractivity contribution is 0.0949. The number of nitrogens with zero attached hydrogens (tertiary/aromatic N) is 1. The van der Waals surface area contributed by atoms with E-state index >= 15 is 0 Å². The molecule has 1 aromatic heterocycles. The van der Waals surface area contributed by atoms with E-state index in [1.165, 1.54) is 0 Å². The van der Waals surface area contributed by atoms with Gasteiger partial charge in [-0.2, -0.15) is 0 Å². The fraction of sp³-hybridized carbons (Fsp3) is 0.238. The Kier molecular flexibility index (Phi) is 5.45. The Labute approximate surface area is 157 Å². The number of para-hydroxylation sites is 1. The van der Waals surface area contributed by atoms with Crippen LogP contribution < -0.4 is 20.2 Å². The minimum atomic E-state index is -0.400. The van der Waals surface area contributed by atoms with Gasteiger partial charge in [-0.1, -0.05) is 18.2 Å². The first-order chi connectivity index (χ1) is 13.1. The van der Waals surface area contributed by atoms with Crippen molar-refractivity contribution in [3.63, 3.8) is 0 Å². The van der Waals surface area contributed by atoms with Crippen molar-refractivity contribution in [2.24, 2.45) is 0 Å². The molecule has 3 aromatic rings. The number of benzene rings is 2. The smallest absolute Gasteiger partial charge is 0.257 e. The molecule has 140 valence electrons. The molecule has 0 bridgehead atoms. The van der Waals surface area contributed by atoms with E-state index in [9.17, 15) is 9.59 Å². The predicted molar refractivity (Wildman–Crippen MR) is 105 cm³/mol. The second-order valence-electron chi connectivity index (χ2n) is 6.05. The number of nitrogens with one attached hydrogen (secondary N) is 1. The lowest BCUT2D eigenvalue weighted by Crippen LogP contribution is -2.29. The van der Waals surface area contributed by atoms with Crippen molar-refractivity contribution in [2.45, 2.75) is 20.0 Å². The standard InChI is InChI=1S/C21H22N2O4/c1-4-23-13-16(20(24)15-7-5-6-8-17(15)23)21(25)22-12-14-9-10-18(26-2)19(11-14)27-3/h5-11,13H,4,12H2,1-3H3,(H,22,25). The summed E-state index contributed by atoms with van der Waals surface area (Å²) < 4.78 is 12.4. The van der Waals surface area contributed by atoms with E-state index in [4.69, 9.17) is 9.47 Å². The monoisotopic (exact) mass is 366 g/mol. The number of aryl methyl sites for hydroxylation is 1. The van der Waals surface area contributed by atoms with E-state index in [0.29, 0.717) is 23.4 Å². The van der Waals surface area contributed by atoms with Gasteiger partial charge in [0.25, 0.3) is 5.91 Å². The van der Waals surface area contributed by atoms with Crippen LogP contribution in [0, 0.1) is 0 Å². The Morgan fingerprint density at radius 2 is 1.81 bits per heavy atom. The van der Waals surface area contributed by atoms with Crippen LogP contribution in [0.5, 0.6) is 11.5 Å². The molecule has 0 spiro atoms. The van der Waals surface area contributed by atoms with Gasteiger partial charge in [-0.15, -0.1) is 0 Å². The summed E-state index contributed by atoms with van der Waals surface area (Å²) in [6.45, 7) is 2.91. The van der Waals surface area contributed by atoms with Gasteiger partial charge in [0.15, 0.2) is 11.5 Å². The second-order valence-corrected chi connectivity index (χ2v) is 6.05. The summed E-state index contributed by atoms with van der Waals surface area (Å²) >= 11 is 0. The van der Waals surface area contributed by atoms with Crippen molar-refractivity contribution in [3.05, 3.63) is 70.0 Å². The van der Waals surface area contributed by atoms with E-state index in [-0.39, 0.29) is 17.5 Å². The molecular formula is C21H22N2O4. The molecule has 0 aliphatic rings. The first-order valence-electron chi connectivity index (χ1n) is 8.70. The summed E-state index contributed by atoms with van der Waals surface area (Å²) in [5.74, 6) is 0.805. The van der Waals surface area contributed by atoms with Crippen LogP contribution in [0.1, 0.15) is 22.8 Å². The van der Waals surface area contributed by atoms with E-state index in [2.05, 4.69) is 5.32 Å². The van der Waals surface area contributed by atoms with Crippen LogP contribution in [0.2, 0.25) is 0 Å². The van der Waals surface area contributed by atoms with E-state index in [0.717, 1.165) is 11.1 Å². The Morgan fingerprint density at radius 3 is 2.52 bits per heavy atom. The van der Waals surface area contributed by atoms with Gasteiger partial charge in [-0.25, -0.2) is 0 Å². The second kappa shape index (κ2) is 7.95. The molecule has 0 aliphatic heterocycles. The average Bonchev–Trinajstić information content (AvgIpc) is 2.72. The van der Waals surface area contributed by atoms with Crippen LogP contribution >= 0.6 is 0 Å². The third-order valence-corrected chi connectivity index (χ3v) is 4.47. The van der Waals surface area contributed by atoms with E-state index < -0.39 is 5.91 Å². The molecule has 6 heteroatoms. The molecule has 1 amide bonds. The average molecular weight is 366 g/mol. The molecule has 1 N–H and O–H groups in total. The Bertz CT molecular complexity index is 1040. The lowest BCUT2D eigenvalue weighted by atomic mass is 10.1. The molecule has 0 atom stereocenters.